The third-order valence-corrected chi connectivity index (χ3v) is 6.21. The number of rotatable bonds is 3. The maximum atomic E-state index is 9.45. The fraction of sp³-hybridized carbons (Fsp3) is 0. The molecule has 0 unspecified atom stereocenters. The van der Waals surface area contributed by atoms with E-state index >= 15 is 0 Å². The maximum Gasteiger partial charge on any atom is 0.0992 e. The highest BCUT2D eigenvalue weighted by molar-refractivity contribution is 6.11. The second-order valence-corrected chi connectivity index (χ2v) is 8.19. The molecule has 5 aromatic carbocycles. The van der Waals surface area contributed by atoms with Gasteiger partial charge < -0.3 is 4.57 Å². The summed E-state index contributed by atoms with van der Waals surface area (Å²) in [5.41, 5.74) is 8.70. The molecular formula is C31H20N2. The van der Waals surface area contributed by atoms with Crippen LogP contribution in [-0.2, 0) is 0 Å². The minimum atomic E-state index is 0.657. The van der Waals surface area contributed by atoms with Gasteiger partial charge in [-0.1, -0.05) is 78.9 Å². The normalized spacial score (nSPS) is 11.0. The van der Waals surface area contributed by atoms with Crippen LogP contribution in [-0.4, -0.2) is 4.57 Å². The Morgan fingerprint density at radius 1 is 0.485 bits per heavy atom. The number of nitrogens with zero attached hydrogens (tertiary/aromatic N) is 2. The van der Waals surface area contributed by atoms with Crippen LogP contribution in [0, 0.1) is 11.3 Å². The standard InChI is InChI=1S/C31H20N2/c32-21-22-8-7-13-27(18-22)33-30-16-14-25(23-9-3-1-4-10-23)19-28(30)29-20-26(15-17-31(29)33)24-11-5-2-6-12-24/h1-20H. The van der Waals surface area contributed by atoms with Gasteiger partial charge in [0.1, 0.15) is 0 Å². The molecule has 0 atom stereocenters. The largest absolute Gasteiger partial charge is 0.309 e. The fourth-order valence-corrected chi connectivity index (χ4v) is 4.64. The van der Waals surface area contributed by atoms with Crippen molar-refractivity contribution in [1.29, 1.82) is 5.26 Å². The number of hydrogen-bond donors (Lipinski definition) is 0. The average Bonchev–Trinajstić information content (AvgIpc) is 3.22. The average molecular weight is 421 g/mol. The Labute approximate surface area is 192 Å². The predicted molar refractivity (Wildman–Crippen MR) is 136 cm³/mol. The van der Waals surface area contributed by atoms with Crippen molar-refractivity contribution in [2.24, 2.45) is 0 Å². The van der Waals surface area contributed by atoms with Gasteiger partial charge in [0.25, 0.3) is 0 Å². The monoisotopic (exact) mass is 420 g/mol. The second-order valence-electron chi connectivity index (χ2n) is 8.19. The number of nitriles is 1. The summed E-state index contributed by atoms with van der Waals surface area (Å²) in [4.78, 5) is 0. The smallest absolute Gasteiger partial charge is 0.0992 e. The van der Waals surface area contributed by atoms with E-state index in [1.807, 2.05) is 30.3 Å². The van der Waals surface area contributed by atoms with Crippen LogP contribution in [0.4, 0.5) is 0 Å². The van der Waals surface area contributed by atoms with Gasteiger partial charge in [0.05, 0.1) is 22.7 Å². The SMILES string of the molecule is N#Cc1cccc(-n2c3ccc(-c4ccccc4)cc3c3cc(-c4ccccc4)ccc32)c1. The molecule has 0 aliphatic heterocycles. The highest BCUT2D eigenvalue weighted by Gasteiger charge is 2.15. The predicted octanol–water partition coefficient (Wildman–Crippen LogP) is 7.99. The molecule has 1 heterocycles. The van der Waals surface area contributed by atoms with Gasteiger partial charge >= 0.3 is 0 Å². The highest BCUT2D eigenvalue weighted by atomic mass is 15.0. The molecule has 0 saturated carbocycles. The van der Waals surface area contributed by atoms with Crippen molar-refractivity contribution in [3.8, 4) is 34.0 Å². The van der Waals surface area contributed by atoms with Gasteiger partial charge in [-0.25, -0.2) is 0 Å². The van der Waals surface area contributed by atoms with Gasteiger partial charge in [0.15, 0.2) is 0 Å². The fourth-order valence-electron chi connectivity index (χ4n) is 4.64. The molecule has 2 heteroatoms. The molecular weight excluding hydrogens is 400 g/mol. The first-order chi connectivity index (χ1) is 16.3. The summed E-state index contributed by atoms with van der Waals surface area (Å²) >= 11 is 0. The van der Waals surface area contributed by atoms with E-state index in [1.54, 1.807) is 0 Å². The Hall–Kier alpha value is -4.61. The van der Waals surface area contributed by atoms with Crippen LogP contribution >= 0.6 is 0 Å². The van der Waals surface area contributed by atoms with Crippen LogP contribution in [0.15, 0.2) is 121 Å². The van der Waals surface area contributed by atoms with Gasteiger partial charge in [-0.15, -0.1) is 0 Å². The number of fused-ring (bicyclic) bond motifs is 3. The molecule has 0 N–H and O–H groups in total. The van der Waals surface area contributed by atoms with Crippen molar-refractivity contribution < 1.29 is 0 Å². The lowest BCUT2D eigenvalue weighted by atomic mass is 10.0. The van der Waals surface area contributed by atoms with Crippen molar-refractivity contribution in [2.45, 2.75) is 0 Å². The van der Waals surface area contributed by atoms with E-state index in [1.165, 1.54) is 33.0 Å². The molecule has 154 valence electrons. The zero-order chi connectivity index (χ0) is 22.2. The summed E-state index contributed by atoms with van der Waals surface area (Å²) in [5, 5.41) is 11.9. The summed E-state index contributed by atoms with van der Waals surface area (Å²) < 4.78 is 2.26. The van der Waals surface area contributed by atoms with Crippen molar-refractivity contribution in [3.63, 3.8) is 0 Å². The number of hydrogen-bond acceptors (Lipinski definition) is 1. The summed E-state index contributed by atoms with van der Waals surface area (Å²) in [6.45, 7) is 0. The third kappa shape index (κ3) is 3.28. The summed E-state index contributed by atoms with van der Waals surface area (Å²) in [5.74, 6) is 0. The van der Waals surface area contributed by atoms with E-state index in [0.29, 0.717) is 5.56 Å². The molecule has 2 nitrogen and oxygen atoms in total. The lowest BCUT2D eigenvalue weighted by Gasteiger charge is -2.09. The molecule has 6 aromatic rings. The minimum absolute atomic E-state index is 0.657. The Kier molecular flexibility index (Phi) is 4.53. The molecule has 0 bridgehead atoms. The lowest BCUT2D eigenvalue weighted by Crippen LogP contribution is -1.94. The molecule has 1 aromatic heterocycles. The number of benzene rings is 5. The van der Waals surface area contributed by atoms with Crippen LogP contribution in [0.1, 0.15) is 5.56 Å². The van der Waals surface area contributed by atoms with E-state index in [0.717, 1.165) is 16.7 Å². The van der Waals surface area contributed by atoms with Crippen molar-refractivity contribution in [1.82, 2.24) is 4.57 Å². The number of aromatic nitrogens is 1. The molecule has 0 aliphatic carbocycles. The Morgan fingerprint density at radius 3 is 1.55 bits per heavy atom. The van der Waals surface area contributed by atoms with Crippen molar-refractivity contribution >= 4 is 21.8 Å². The topological polar surface area (TPSA) is 28.7 Å². The van der Waals surface area contributed by atoms with Crippen molar-refractivity contribution in [2.75, 3.05) is 0 Å². The zero-order valence-corrected chi connectivity index (χ0v) is 17.9. The first kappa shape index (κ1) is 19.1. The highest BCUT2D eigenvalue weighted by Crippen LogP contribution is 2.37. The van der Waals surface area contributed by atoms with Crippen LogP contribution in [0.3, 0.4) is 0 Å². The third-order valence-electron chi connectivity index (χ3n) is 6.21. The second kappa shape index (κ2) is 7.82. The van der Waals surface area contributed by atoms with E-state index < -0.39 is 0 Å². The first-order valence-corrected chi connectivity index (χ1v) is 11.0. The molecule has 0 radical (unpaired) electrons. The zero-order valence-electron chi connectivity index (χ0n) is 17.9. The molecule has 0 aliphatic rings. The van der Waals surface area contributed by atoms with E-state index in [2.05, 4.69) is 102 Å². The van der Waals surface area contributed by atoms with Gasteiger partial charge in [0.2, 0.25) is 0 Å². The first-order valence-electron chi connectivity index (χ1n) is 11.0. The maximum absolute atomic E-state index is 9.45. The summed E-state index contributed by atoms with van der Waals surface area (Å²) in [6, 6.07) is 44.4. The van der Waals surface area contributed by atoms with E-state index in [4.69, 9.17) is 0 Å². The van der Waals surface area contributed by atoms with Gasteiger partial charge in [-0.2, -0.15) is 5.26 Å². The van der Waals surface area contributed by atoms with Crippen LogP contribution in [0.25, 0.3) is 49.7 Å². The Bertz CT molecular complexity index is 1560. The minimum Gasteiger partial charge on any atom is -0.309 e. The molecule has 6 rings (SSSR count). The Morgan fingerprint density at radius 2 is 1.03 bits per heavy atom. The van der Waals surface area contributed by atoms with Crippen LogP contribution in [0.5, 0.6) is 0 Å². The van der Waals surface area contributed by atoms with E-state index in [-0.39, 0.29) is 0 Å². The summed E-state index contributed by atoms with van der Waals surface area (Å²) in [6.07, 6.45) is 0. The molecule has 0 spiro atoms. The van der Waals surface area contributed by atoms with Gasteiger partial charge in [0, 0.05) is 16.5 Å². The van der Waals surface area contributed by atoms with Gasteiger partial charge in [-0.05, 0) is 64.7 Å². The molecule has 33 heavy (non-hydrogen) atoms. The van der Waals surface area contributed by atoms with Crippen LogP contribution < -0.4 is 0 Å². The Balaban J connectivity index is 1.67. The van der Waals surface area contributed by atoms with Gasteiger partial charge in [-0.3, -0.25) is 0 Å². The van der Waals surface area contributed by atoms with Crippen molar-refractivity contribution in [3.05, 3.63) is 127 Å². The molecule has 0 fully saturated rings. The lowest BCUT2D eigenvalue weighted by molar-refractivity contribution is 1.18. The summed E-state index contributed by atoms with van der Waals surface area (Å²) in [7, 11) is 0. The molecule has 0 amide bonds. The molecule has 0 saturated heterocycles. The van der Waals surface area contributed by atoms with E-state index in [9.17, 15) is 5.26 Å². The van der Waals surface area contributed by atoms with Crippen LogP contribution in [0.2, 0.25) is 0 Å². The quantitative estimate of drug-likeness (QED) is 0.285.